The molecule has 4 nitrogen and oxygen atoms in total. The Labute approximate surface area is 159 Å². The van der Waals surface area contributed by atoms with Gasteiger partial charge in [0.05, 0.1) is 7.11 Å². The minimum absolute atomic E-state index is 0.202. The quantitative estimate of drug-likeness (QED) is 0.519. The molecule has 3 aromatic carbocycles. The molecule has 0 aliphatic rings. The predicted octanol–water partition coefficient (Wildman–Crippen LogP) is 5.16. The molecule has 4 heteroatoms. The van der Waals surface area contributed by atoms with E-state index in [1.807, 2.05) is 78.9 Å². The maximum absolute atomic E-state index is 11.3. The molecule has 0 spiro atoms. The van der Waals surface area contributed by atoms with E-state index in [2.05, 4.69) is 4.74 Å². The zero-order valence-corrected chi connectivity index (χ0v) is 15.3. The Morgan fingerprint density at radius 2 is 1.48 bits per heavy atom. The Morgan fingerprint density at radius 1 is 0.778 bits per heavy atom. The van der Waals surface area contributed by atoms with Gasteiger partial charge in [0.2, 0.25) is 0 Å². The standard InChI is InChI=1S/C23H22O4/c1-25-23(24)14-13-18-7-5-8-19(15-18)17-26-21-11-6-12-22(16-21)27-20-9-3-2-4-10-20/h2-12,15-16H,13-14,17H2,1H3. The molecule has 0 N–H and O–H groups in total. The molecule has 3 rings (SSSR count). The van der Waals surface area contributed by atoms with E-state index < -0.39 is 0 Å². The first-order chi connectivity index (χ1) is 13.2. The average Bonchev–Trinajstić information content (AvgIpc) is 2.72. The van der Waals surface area contributed by atoms with Crippen molar-refractivity contribution in [1.82, 2.24) is 0 Å². The lowest BCUT2D eigenvalue weighted by Crippen LogP contribution is -2.02. The summed E-state index contributed by atoms with van der Waals surface area (Å²) < 4.78 is 16.4. The first-order valence-electron chi connectivity index (χ1n) is 8.83. The van der Waals surface area contributed by atoms with Crippen molar-refractivity contribution >= 4 is 5.97 Å². The highest BCUT2D eigenvalue weighted by molar-refractivity contribution is 5.69. The molecular weight excluding hydrogens is 340 g/mol. The highest BCUT2D eigenvalue weighted by Gasteiger charge is 2.04. The van der Waals surface area contributed by atoms with Crippen LogP contribution in [0.4, 0.5) is 0 Å². The van der Waals surface area contributed by atoms with Crippen LogP contribution in [0.1, 0.15) is 17.5 Å². The fourth-order valence-corrected chi connectivity index (χ4v) is 2.64. The van der Waals surface area contributed by atoms with Gasteiger partial charge in [-0.2, -0.15) is 0 Å². The van der Waals surface area contributed by atoms with Gasteiger partial charge >= 0.3 is 5.97 Å². The molecule has 0 aliphatic heterocycles. The summed E-state index contributed by atoms with van der Waals surface area (Å²) in [6, 6.07) is 25.2. The molecule has 0 aliphatic carbocycles. The van der Waals surface area contributed by atoms with Gasteiger partial charge < -0.3 is 14.2 Å². The summed E-state index contributed by atoms with van der Waals surface area (Å²) in [5, 5.41) is 0. The lowest BCUT2D eigenvalue weighted by Gasteiger charge is -2.10. The van der Waals surface area contributed by atoms with Crippen LogP contribution in [0.15, 0.2) is 78.9 Å². The van der Waals surface area contributed by atoms with Crippen LogP contribution in [-0.2, 0) is 22.6 Å². The summed E-state index contributed by atoms with van der Waals surface area (Å²) in [5.74, 6) is 2.05. The van der Waals surface area contributed by atoms with E-state index in [1.165, 1.54) is 7.11 Å². The maximum atomic E-state index is 11.3. The summed E-state index contributed by atoms with van der Waals surface area (Å²) in [7, 11) is 1.40. The number of para-hydroxylation sites is 1. The van der Waals surface area contributed by atoms with Crippen LogP contribution in [-0.4, -0.2) is 13.1 Å². The molecule has 0 aromatic heterocycles. The SMILES string of the molecule is COC(=O)CCc1cccc(COc2cccc(Oc3ccccc3)c2)c1. The Balaban J connectivity index is 1.58. The van der Waals surface area contributed by atoms with Crippen molar-refractivity contribution in [2.75, 3.05) is 7.11 Å². The molecule has 0 heterocycles. The van der Waals surface area contributed by atoms with Crippen LogP contribution in [0.5, 0.6) is 17.2 Å². The molecule has 0 saturated heterocycles. The van der Waals surface area contributed by atoms with Gasteiger partial charge in [-0.05, 0) is 41.8 Å². The van der Waals surface area contributed by atoms with E-state index >= 15 is 0 Å². The van der Waals surface area contributed by atoms with Crippen molar-refractivity contribution in [3.05, 3.63) is 90.0 Å². The van der Waals surface area contributed by atoms with Gasteiger partial charge in [0.1, 0.15) is 23.9 Å². The Hall–Kier alpha value is -3.27. The van der Waals surface area contributed by atoms with Crippen LogP contribution in [0, 0.1) is 0 Å². The van der Waals surface area contributed by atoms with Crippen molar-refractivity contribution in [1.29, 1.82) is 0 Å². The molecular formula is C23H22O4. The first kappa shape index (κ1) is 18.5. The predicted molar refractivity (Wildman–Crippen MR) is 104 cm³/mol. The van der Waals surface area contributed by atoms with Crippen LogP contribution < -0.4 is 9.47 Å². The number of hydrogen-bond acceptors (Lipinski definition) is 4. The van der Waals surface area contributed by atoms with Crippen molar-refractivity contribution in [3.8, 4) is 17.2 Å². The smallest absolute Gasteiger partial charge is 0.305 e. The second-order valence-electron chi connectivity index (χ2n) is 6.07. The van der Waals surface area contributed by atoms with Crippen LogP contribution in [0.2, 0.25) is 0 Å². The van der Waals surface area contributed by atoms with E-state index in [4.69, 9.17) is 9.47 Å². The molecule has 0 unspecified atom stereocenters. The average molecular weight is 362 g/mol. The number of carbonyl (C=O) groups is 1. The second-order valence-corrected chi connectivity index (χ2v) is 6.07. The molecule has 0 saturated carbocycles. The van der Waals surface area contributed by atoms with Crippen molar-refractivity contribution < 1.29 is 19.0 Å². The molecule has 0 atom stereocenters. The largest absolute Gasteiger partial charge is 0.489 e. The Morgan fingerprint density at radius 3 is 2.30 bits per heavy atom. The van der Waals surface area contributed by atoms with Gasteiger partial charge in [-0.1, -0.05) is 48.5 Å². The third-order valence-corrected chi connectivity index (χ3v) is 4.03. The third kappa shape index (κ3) is 5.89. The van der Waals surface area contributed by atoms with Crippen molar-refractivity contribution in [2.24, 2.45) is 0 Å². The normalized spacial score (nSPS) is 10.3. The highest BCUT2D eigenvalue weighted by atomic mass is 16.5. The van der Waals surface area contributed by atoms with Crippen LogP contribution >= 0.6 is 0 Å². The Kier molecular flexibility index (Phi) is 6.47. The van der Waals surface area contributed by atoms with E-state index in [1.54, 1.807) is 0 Å². The van der Waals surface area contributed by atoms with Crippen LogP contribution in [0.3, 0.4) is 0 Å². The third-order valence-electron chi connectivity index (χ3n) is 4.03. The minimum Gasteiger partial charge on any atom is -0.489 e. The highest BCUT2D eigenvalue weighted by Crippen LogP contribution is 2.25. The summed E-state index contributed by atoms with van der Waals surface area (Å²) in [4.78, 5) is 11.3. The van der Waals surface area contributed by atoms with Gasteiger partial charge in [0.15, 0.2) is 0 Å². The van der Waals surface area contributed by atoms with Crippen molar-refractivity contribution in [2.45, 2.75) is 19.4 Å². The monoisotopic (exact) mass is 362 g/mol. The number of carbonyl (C=O) groups excluding carboxylic acids is 1. The maximum Gasteiger partial charge on any atom is 0.305 e. The molecule has 0 amide bonds. The summed E-state index contributed by atoms with van der Waals surface area (Å²) in [6.45, 7) is 0.445. The van der Waals surface area contributed by atoms with E-state index in [-0.39, 0.29) is 5.97 Å². The van der Waals surface area contributed by atoms with Gasteiger partial charge in [0.25, 0.3) is 0 Å². The fourth-order valence-electron chi connectivity index (χ4n) is 2.64. The number of benzene rings is 3. The van der Waals surface area contributed by atoms with E-state index in [0.29, 0.717) is 19.4 Å². The second kappa shape index (κ2) is 9.43. The minimum atomic E-state index is -0.202. The van der Waals surface area contributed by atoms with Gasteiger partial charge in [-0.15, -0.1) is 0 Å². The van der Waals surface area contributed by atoms with E-state index in [9.17, 15) is 4.79 Å². The number of methoxy groups -OCH3 is 1. The number of ether oxygens (including phenoxy) is 3. The molecule has 27 heavy (non-hydrogen) atoms. The molecule has 0 fully saturated rings. The number of rotatable bonds is 8. The number of esters is 1. The van der Waals surface area contributed by atoms with Gasteiger partial charge in [-0.25, -0.2) is 0 Å². The topological polar surface area (TPSA) is 44.8 Å². The molecule has 0 bridgehead atoms. The van der Waals surface area contributed by atoms with Gasteiger partial charge in [-0.3, -0.25) is 4.79 Å². The zero-order valence-electron chi connectivity index (χ0n) is 15.3. The fraction of sp³-hybridized carbons (Fsp3) is 0.174. The zero-order chi connectivity index (χ0) is 18.9. The summed E-state index contributed by atoms with van der Waals surface area (Å²) in [5.41, 5.74) is 2.13. The lowest BCUT2D eigenvalue weighted by atomic mass is 10.1. The number of aryl methyl sites for hydroxylation is 1. The summed E-state index contributed by atoms with van der Waals surface area (Å²) in [6.07, 6.45) is 1.03. The molecule has 3 aromatic rings. The van der Waals surface area contributed by atoms with Crippen molar-refractivity contribution in [3.63, 3.8) is 0 Å². The Bertz CT molecular complexity index is 874. The number of hydrogen-bond donors (Lipinski definition) is 0. The molecule has 0 radical (unpaired) electrons. The summed E-state index contributed by atoms with van der Waals surface area (Å²) >= 11 is 0. The lowest BCUT2D eigenvalue weighted by molar-refractivity contribution is -0.140. The van der Waals surface area contributed by atoms with Crippen LogP contribution in [0.25, 0.3) is 0 Å². The first-order valence-corrected chi connectivity index (χ1v) is 8.83. The van der Waals surface area contributed by atoms with Gasteiger partial charge in [0, 0.05) is 12.5 Å². The van der Waals surface area contributed by atoms with E-state index in [0.717, 1.165) is 28.4 Å². The molecule has 138 valence electrons.